The van der Waals surface area contributed by atoms with Gasteiger partial charge in [0.05, 0.1) is 11.1 Å². The number of carbonyl (C=O) groups is 2. The van der Waals surface area contributed by atoms with Crippen LogP contribution in [0.2, 0.25) is 0 Å². The monoisotopic (exact) mass is 455 g/mol. The van der Waals surface area contributed by atoms with Crippen LogP contribution in [0.25, 0.3) is 0 Å². The highest BCUT2D eigenvalue weighted by Crippen LogP contribution is 2.36. The maximum Gasteiger partial charge on any atom is 0.229 e. The highest BCUT2D eigenvalue weighted by atomic mass is 32.1. The Balaban J connectivity index is 1.47. The van der Waals surface area contributed by atoms with Gasteiger partial charge in [-0.1, -0.05) is 38.7 Å². The molecular weight excluding hydrogens is 422 g/mol. The van der Waals surface area contributed by atoms with E-state index >= 15 is 0 Å². The second kappa shape index (κ2) is 9.98. The van der Waals surface area contributed by atoms with Crippen LogP contribution in [0.1, 0.15) is 68.9 Å². The fourth-order valence-corrected chi connectivity index (χ4v) is 5.87. The maximum atomic E-state index is 13.0. The molecule has 2 amide bonds. The van der Waals surface area contributed by atoms with Crippen LogP contribution in [0, 0.1) is 5.92 Å². The maximum absolute atomic E-state index is 13.0. The van der Waals surface area contributed by atoms with Gasteiger partial charge in [-0.15, -0.1) is 11.3 Å². The number of amides is 2. The van der Waals surface area contributed by atoms with Gasteiger partial charge in [0.1, 0.15) is 5.82 Å². The predicted octanol–water partition coefficient (Wildman–Crippen LogP) is 4.16. The van der Waals surface area contributed by atoms with Crippen molar-refractivity contribution in [1.82, 2.24) is 14.9 Å². The van der Waals surface area contributed by atoms with E-state index in [1.807, 2.05) is 29.3 Å². The lowest BCUT2D eigenvalue weighted by Gasteiger charge is -2.40. The molecule has 7 nitrogen and oxygen atoms in total. The van der Waals surface area contributed by atoms with Crippen LogP contribution < -0.4 is 11.1 Å². The lowest BCUT2D eigenvalue weighted by Crippen LogP contribution is -2.52. The van der Waals surface area contributed by atoms with Crippen LogP contribution in [0.4, 0.5) is 10.9 Å². The number of anilines is 2. The fraction of sp³-hybridized carbons (Fsp3) is 0.583. The van der Waals surface area contributed by atoms with Crippen molar-refractivity contribution >= 4 is 34.1 Å². The number of hydrogen-bond acceptors (Lipinski definition) is 6. The molecule has 0 aromatic carbocycles. The van der Waals surface area contributed by atoms with Crippen molar-refractivity contribution in [1.29, 1.82) is 0 Å². The third-order valence-corrected chi connectivity index (χ3v) is 7.85. The summed E-state index contributed by atoms with van der Waals surface area (Å²) in [5.74, 6) is 0.678. The Bertz CT molecular complexity index is 945. The van der Waals surface area contributed by atoms with Crippen molar-refractivity contribution in [3.8, 4) is 0 Å². The van der Waals surface area contributed by atoms with Gasteiger partial charge >= 0.3 is 0 Å². The Morgan fingerprint density at radius 3 is 2.66 bits per heavy atom. The number of aromatic nitrogens is 2. The summed E-state index contributed by atoms with van der Waals surface area (Å²) in [5.41, 5.74) is 5.75. The Morgan fingerprint density at radius 1 is 1.22 bits per heavy atom. The smallest absolute Gasteiger partial charge is 0.229 e. The van der Waals surface area contributed by atoms with Gasteiger partial charge < -0.3 is 16.0 Å². The zero-order chi connectivity index (χ0) is 22.6. The Hall–Kier alpha value is -2.48. The minimum atomic E-state index is -0.850. The Morgan fingerprint density at radius 2 is 1.97 bits per heavy atom. The third-order valence-electron chi connectivity index (χ3n) is 6.88. The van der Waals surface area contributed by atoms with Gasteiger partial charge in [0.2, 0.25) is 11.8 Å². The van der Waals surface area contributed by atoms with Crippen LogP contribution in [0.3, 0.4) is 0 Å². The molecule has 0 bridgehead atoms. The molecule has 2 aliphatic rings. The number of rotatable bonds is 7. The van der Waals surface area contributed by atoms with Crippen molar-refractivity contribution < 1.29 is 9.59 Å². The average molecular weight is 456 g/mol. The molecule has 172 valence electrons. The number of pyridine rings is 1. The highest BCUT2D eigenvalue weighted by molar-refractivity contribution is 7.15. The molecule has 3 N–H and O–H groups in total. The van der Waals surface area contributed by atoms with Gasteiger partial charge in [0.25, 0.3) is 0 Å². The standard InChI is InChI=1S/C24H33N5O2S/c1-2-7-18-16-26-23(32-18)28-20-11-6-10-19(27-20)24(22(25)31)12-14-29(15-13-24)21(30)17-8-4-3-5-9-17/h6,10-11,16-17H,2-5,7-9,12-15H2,1H3,(H2,25,31)(H,26,27,28). The highest BCUT2D eigenvalue weighted by Gasteiger charge is 2.44. The molecule has 2 aromatic rings. The molecule has 1 saturated carbocycles. The first-order valence-electron chi connectivity index (χ1n) is 11.8. The summed E-state index contributed by atoms with van der Waals surface area (Å²) >= 11 is 1.62. The summed E-state index contributed by atoms with van der Waals surface area (Å²) in [6.07, 6.45) is 10.5. The first-order chi connectivity index (χ1) is 15.5. The number of nitrogens with one attached hydrogen (secondary N) is 1. The Labute approximate surface area is 193 Å². The normalized spacial score (nSPS) is 19.0. The number of hydrogen-bond donors (Lipinski definition) is 2. The van der Waals surface area contributed by atoms with Crippen LogP contribution in [-0.2, 0) is 21.4 Å². The van der Waals surface area contributed by atoms with Crippen molar-refractivity contribution in [2.24, 2.45) is 11.7 Å². The minimum absolute atomic E-state index is 0.145. The van der Waals surface area contributed by atoms with Crippen molar-refractivity contribution in [3.63, 3.8) is 0 Å². The van der Waals surface area contributed by atoms with Crippen molar-refractivity contribution in [3.05, 3.63) is 35.0 Å². The number of nitrogens with two attached hydrogens (primary N) is 1. The largest absolute Gasteiger partial charge is 0.369 e. The van der Waals surface area contributed by atoms with E-state index in [0.717, 1.165) is 43.7 Å². The number of likely N-dealkylation sites (tertiary alicyclic amines) is 1. The van der Waals surface area contributed by atoms with Crippen molar-refractivity contribution in [2.45, 2.75) is 70.1 Å². The van der Waals surface area contributed by atoms with Gasteiger partial charge in [-0.05, 0) is 44.2 Å². The second-order valence-electron chi connectivity index (χ2n) is 9.02. The number of primary amides is 1. The van der Waals surface area contributed by atoms with E-state index in [4.69, 9.17) is 10.7 Å². The quantitative estimate of drug-likeness (QED) is 0.653. The summed E-state index contributed by atoms with van der Waals surface area (Å²) in [4.78, 5) is 37.9. The zero-order valence-corrected chi connectivity index (χ0v) is 19.6. The number of aryl methyl sites for hydroxylation is 1. The first kappa shape index (κ1) is 22.7. The van der Waals surface area contributed by atoms with Gasteiger partial charge in [0.15, 0.2) is 5.13 Å². The van der Waals surface area contributed by atoms with Crippen molar-refractivity contribution in [2.75, 3.05) is 18.4 Å². The minimum Gasteiger partial charge on any atom is -0.369 e. The summed E-state index contributed by atoms with van der Waals surface area (Å²) in [7, 11) is 0. The fourth-order valence-electron chi connectivity index (χ4n) is 4.95. The third kappa shape index (κ3) is 4.80. The van der Waals surface area contributed by atoms with Crippen LogP contribution >= 0.6 is 11.3 Å². The molecule has 0 atom stereocenters. The molecule has 3 heterocycles. The van der Waals surface area contributed by atoms with Crippen LogP contribution in [-0.4, -0.2) is 39.8 Å². The zero-order valence-electron chi connectivity index (χ0n) is 18.8. The SMILES string of the molecule is CCCc1cnc(Nc2cccc(C3(C(N)=O)CCN(C(=O)C4CCCCC4)CC3)n2)s1. The molecule has 4 rings (SSSR count). The molecule has 32 heavy (non-hydrogen) atoms. The summed E-state index contributed by atoms with van der Waals surface area (Å²) in [6.45, 7) is 3.24. The molecule has 2 aromatic heterocycles. The van der Waals surface area contributed by atoms with Gasteiger partial charge in [-0.3, -0.25) is 9.59 Å². The van der Waals surface area contributed by atoms with Gasteiger partial charge in [-0.25, -0.2) is 9.97 Å². The first-order valence-corrected chi connectivity index (χ1v) is 12.6. The van der Waals surface area contributed by atoms with Gasteiger partial charge in [0, 0.05) is 30.1 Å². The van der Waals surface area contributed by atoms with Crippen LogP contribution in [0.5, 0.6) is 0 Å². The topological polar surface area (TPSA) is 101 Å². The molecule has 8 heteroatoms. The summed E-state index contributed by atoms with van der Waals surface area (Å²) < 4.78 is 0. The lowest BCUT2D eigenvalue weighted by atomic mass is 9.74. The molecule has 0 spiro atoms. The van der Waals surface area contributed by atoms with Crippen LogP contribution in [0.15, 0.2) is 24.4 Å². The Kier molecular flexibility index (Phi) is 7.08. The molecule has 2 fully saturated rings. The van der Waals surface area contributed by atoms with E-state index in [1.165, 1.54) is 11.3 Å². The number of thiazole rings is 1. The molecule has 1 aliphatic carbocycles. The number of piperidine rings is 1. The predicted molar refractivity (Wildman–Crippen MR) is 127 cm³/mol. The second-order valence-corrected chi connectivity index (χ2v) is 10.1. The molecule has 0 radical (unpaired) electrons. The van der Waals surface area contributed by atoms with E-state index in [0.29, 0.717) is 37.4 Å². The molecule has 1 aliphatic heterocycles. The van der Waals surface area contributed by atoms with E-state index < -0.39 is 5.41 Å². The number of nitrogens with zero attached hydrogens (tertiary/aromatic N) is 3. The number of carbonyl (C=O) groups excluding carboxylic acids is 2. The van der Waals surface area contributed by atoms with E-state index in [9.17, 15) is 9.59 Å². The van der Waals surface area contributed by atoms with E-state index in [2.05, 4.69) is 17.2 Å². The lowest BCUT2D eigenvalue weighted by molar-refractivity contribution is -0.140. The summed E-state index contributed by atoms with van der Waals surface area (Å²) in [5, 5.41) is 4.06. The van der Waals surface area contributed by atoms with E-state index in [1.54, 1.807) is 11.3 Å². The molecule has 0 unspecified atom stereocenters. The van der Waals surface area contributed by atoms with Gasteiger partial charge in [-0.2, -0.15) is 0 Å². The summed E-state index contributed by atoms with van der Waals surface area (Å²) in [6, 6.07) is 5.65. The molecular formula is C24H33N5O2S. The molecule has 1 saturated heterocycles. The average Bonchev–Trinajstić information content (AvgIpc) is 3.26. The van der Waals surface area contributed by atoms with E-state index in [-0.39, 0.29) is 17.7 Å².